The highest BCUT2D eigenvalue weighted by atomic mass is 16.5. The summed E-state index contributed by atoms with van der Waals surface area (Å²) in [5.74, 6) is 3.86. The molecule has 22 heavy (non-hydrogen) atoms. The lowest BCUT2D eigenvalue weighted by atomic mass is 9.56. The third-order valence-electron chi connectivity index (χ3n) is 6.67. The fraction of sp³-hybridized carbons (Fsp3) is 0.950. The molecule has 0 heterocycles. The highest BCUT2D eigenvalue weighted by Crippen LogP contribution is 2.51. The second-order valence-electron chi connectivity index (χ2n) is 7.84. The maximum Gasteiger partial charge on any atom is 0.308 e. The van der Waals surface area contributed by atoms with E-state index >= 15 is 0 Å². The van der Waals surface area contributed by atoms with Crippen LogP contribution in [0.2, 0.25) is 0 Å². The lowest BCUT2D eigenvalue weighted by Gasteiger charge is -2.49. The fourth-order valence-electron chi connectivity index (χ4n) is 5.75. The first-order chi connectivity index (χ1) is 10.6. The Morgan fingerprint density at radius 2 is 1.68 bits per heavy atom. The maximum absolute atomic E-state index is 12.4. The first-order valence-electron chi connectivity index (χ1n) is 9.71. The van der Waals surface area contributed by atoms with Crippen molar-refractivity contribution in [2.24, 2.45) is 35.5 Å². The van der Waals surface area contributed by atoms with E-state index in [9.17, 15) is 4.79 Å². The zero-order valence-corrected chi connectivity index (χ0v) is 15.1. The summed E-state index contributed by atoms with van der Waals surface area (Å²) in [6.07, 6.45) is 11.5. The SMILES string of the molecule is CCCC1CCCC(C(=O)OC)[C@H]1C1C(C)CCCC1CC. The molecule has 0 aromatic rings. The monoisotopic (exact) mass is 308 g/mol. The summed E-state index contributed by atoms with van der Waals surface area (Å²) >= 11 is 0. The number of hydrogen-bond acceptors (Lipinski definition) is 2. The summed E-state index contributed by atoms with van der Waals surface area (Å²) in [6, 6.07) is 0. The molecule has 0 amide bonds. The number of rotatable bonds is 5. The van der Waals surface area contributed by atoms with E-state index in [-0.39, 0.29) is 11.9 Å². The van der Waals surface area contributed by atoms with Gasteiger partial charge in [0.15, 0.2) is 0 Å². The van der Waals surface area contributed by atoms with Gasteiger partial charge >= 0.3 is 5.97 Å². The molecule has 0 aromatic heterocycles. The van der Waals surface area contributed by atoms with Gasteiger partial charge in [-0.05, 0) is 36.0 Å². The predicted molar refractivity (Wildman–Crippen MR) is 91.5 cm³/mol. The molecule has 2 heteroatoms. The van der Waals surface area contributed by atoms with E-state index in [4.69, 9.17) is 4.74 Å². The zero-order chi connectivity index (χ0) is 16.1. The van der Waals surface area contributed by atoms with Crippen LogP contribution in [0, 0.1) is 35.5 Å². The Labute approximate surface area is 137 Å². The molecule has 0 aromatic carbocycles. The van der Waals surface area contributed by atoms with Crippen LogP contribution in [0.15, 0.2) is 0 Å². The van der Waals surface area contributed by atoms with E-state index in [1.807, 2.05) is 0 Å². The minimum absolute atomic E-state index is 0.0680. The molecule has 0 spiro atoms. The Hall–Kier alpha value is -0.530. The topological polar surface area (TPSA) is 26.3 Å². The van der Waals surface area contributed by atoms with Gasteiger partial charge < -0.3 is 4.74 Å². The standard InChI is InChI=1S/C20H36O2/c1-5-9-16-12-8-13-17(20(21)22-4)19(16)18-14(3)10-7-11-15(18)6-2/h14-19H,5-13H2,1-4H3/t14?,15?,16?,17?,18?,19-/m0/s1. The first kappa shape index (κ1) is 17.8. The second kappa shape index (κ2) is 8.36. The van der Waals surface area contributed by atoms with Gasteiger partial charge in [-0.1, -0.05) is 72.1 Å². The van der Waals surface area contributed by atoms with E-state index < -0.39 is 0 Å². The van der Waals surface area contributed by atoms with Crippen LogP contribution in [-0.2, 0) is 9.53 Å². The van der Waals surface area contributed by atoms with Crippen LogP contribution in [0.3, 0.4) is 0 Å². The number of esters is 1. The Morgan fingerprint density at radius 3 is 2.32 bits per heavy atom. The Balaban J connectivity index is 2.29. The van der Waals surface area contributed by atoms with Crippen LogP contribution >= 0.6 is 0 Å². The summed E-state index contributed by atoms with van der Waals surface area (Å²) in [6.45, 7) is 7.08. The van der Waals surface area contributed by atoms with Crippen molar-refractivity contribution < 1.29 is 9.53 Å². The van der Waals surface area contributed by atoms with E-state index in [1.165, 1.54) is 51.4 Å². The van der Waals surface area contributed by atoms with Crippen LogP contribution in [0.5, 0.6) is 0 Å². The summed E-state index contributed by atoms with van der Waals surface area (Å²) in [4.78, 5) is 12.4. The Kier molecular flexibility index (Phi) is 6.77. The van der Waals surface area contributed by atoms with Crippen molar-refractivity contribution in [1.82, 2.24) is 0 Å². The van der Waals surface area contributed by atoms with Crippen LogP contribution < -0.4 is 0 Å². The highest BCUT2D eigenvalue weighted by Gasteiger charge is 2.46. The molecule has 2 nitrogen and oxygen atoms in total. The average molecular weight is 309 g/mol. The maximum atomic E-state index is 12.4. The third-order valence-corrected chi connectivity index (χ3v) is 6.67. The molecule has 0 aliphatic heterocycles. The Bertz CT molecular complexity index is 350. The molecular formula is C20H36O2. The van der Waals surface area contributed by atoms with E-state index in [0.29, 0.717) is 5.92 Å². The first-order valence-corrected chi connectivity index (χ1v) is 9.71. The van der Waals surface area contributed by atoms with Crippen molar-refractivity contribution in [3.05, 3.63) is 0 Å². The smallest absolute Gasteiger partial charge is 0.308 e. The average Bonchev–Trinajstić information content (AvgIpc) is 2.54. The van der Waals surface area contributed by atoms with E-state index in [0.717, 1.165) is 30.1 Å². The molecule has 5 unspecified atom stereocenters. The highest BCUT2D eigenvalue weighted by molar-refractivity contribution is 5.72. The van der Waals surface area contributed by atoms with E-state index in [1.54, 1.807) is 7.11 Å². The molecule has 2 aliphatic rings. The van der Waals surface area contributed by atoms with Crippen LogP contribution in [-0.4, -0.2) is 13.1 Å². The minimum Gasteiger partial charge on any atom is -0.469 e. The van der Waals surface area contributed by atoms with Gasteiger partial charge in [0.25, 0.3) is 0 Å². The number of hydrogen-bond donors (Lipinski definition) is 0. The fourth-order valence-corrected chi connectivity index (χ4v) is 5.75. The molecular weight excluding hydrogens is 272 g/mol. The lowest BCUT2D eigenvalue weighted by molar-refractivity contribution is -0.153. The van der Waals surface area contributed by atoms with Gasteiger partial charge in [-0.2, -0.15) is 0 Å². The minimum atomic E-state index is 0.0680. The van der Waals surface area contributed by atoms with Gasteiger partial charge in [-0.15, -0.1) is 0 Å². The quantitative estimate of drug-likeness (QED) is 0.631. The normalized spacial score (nSPS) is 39.5. The molecule has 2 saturated carbocycles. The van der Waals surface area contributed by atoms with Crippen molar-refractivity contribution in [2.45, 2.75) is 78.6 Å². The van der Waals surface area contributed by atoms with Gasteiger partial charge in [-0.25, -0.2) is 0 Å². The van der Waals surface area contributed by atoms with Gasteiger partial charge in [-0.3, -0.25) is 4.79 Å². The molecule has 2 fully saturated rings. The zero-order valence-electron chi connectivity index (χ0n) is 15.1. The van der Waals surface area contributed by atoms with Crippen LogP contribution in [0.25, 0.3) is 0 Å². The molecule has 0 bridgehead atoms. The summed E-state index contributed by atoms with van der Waals surface area (Å²) < 4.78 is 5.20. The number of methoxy groups -OCH3 is 1. The van der Waals surface area contributed by atoms with Gasteiger partial charge in [0.05, 0.1) is 13.0 Å². The summed E-state index contributed by atoms with van der Waals surface area (Å²) in [5.41, 5.74) is 0. The van der Waals surface area contributed by atoms with Gasteiger partial charge in [0, 0.05) is 0 Å². The Morgan fingerprint density at radius 1 is 1.00 bits per heavy atom. The summed E-state index contributed by atoms with van der Waals surface area (Å²) in [7, 11) is 1.57. The van der Waals surface area contributed by atoms with Crippen LogP contribution in [0.1, 0.15) is 78.6 Å². The molecule has 6 atom stereocenters. The molecule has 0 N–H and O–H groups in total. The summed E-state index contributed by atoms with van der Waals surface area (Å²) in [5, 5.41) is 0. The largest absolute Gasteiger partial charge is 0.469 e. The number of carbonyl (C=O) groups is 1. The lowest BCUT2D eigenvalue weighted by Crippen LogP contribution is -2.45. The molecule has 2 aliphatic carbocycles. The molecule has 0 radical (unpaired) electrons. The van der Waals surface area contributed by atoms with E-state index in [2.05, 4.69) is 20.8 Å². The molecule has 128 valence electrons. The molecule has 0 saturated heterocycles. The number of ether oxygens (including phenoxy) is 1. The van der Waals surface area contributed by atoms with Gasteiger partial charge in [0.2, 0.25) is 0 Å². The molecule has 2 rings (SSSR count). The van der Waals surface area contributed by atoms with Crippen molar-refractivity contribution >= 4 is 5.97 Å². The van der Waals surface area contributed by atoms with Crippen molar-refractivity contribution in [3.8, 4) is 0 Å². The number of carbonyl (C=O) groups excluding carboxylic acids is 1. The van der Waals surface area contributed by atoms with Crippen molar-refractivity contribution in [2.75, 3.05) is 7.11 Å². The van der Waals surface area contributed by atoms with Crippen molar-refractivity contribution in [3.63, 3.8) is 0 Å². The van der Waals surface area contributed by atoms with Crippen molar-refractivity contribution in [1.29, 1.82) is 0 Å². The second-order valence-corrected chi connectivity index (χ2v) is 7.84. The predicted octanol–water partition coefficient (Wildman–Crippen LogP) is 5.45. The third kappa shape index (κ3) is 3.68. The van der Waals surface area contributed by atoms with Gasteiger partial charge in [0.1, 0.15) is 0 Å². The van der Waals surface area contributed by atoms with Crippen LogP contribution in [0.4, 0.5) is 0 Å².